The highest BCUT2D eigenvalue weighted by molar-refractivity contribution is 5.64. The summed E-state index contributed by atoms with van der Waals surface area (Å²) >= 11 is 0. The van der Waals surface area contributed by atoms with E-state index in [1.54, 1.807) is 18.6 Å². The number of aromatic nitrogens is 4. The van der Waals surface area contributed by atoms with E-state index < -0.39 is 0 Å². The molecule has 0 bridgehead atoms. The normalized spacial score (nSPS) is 15.3. The van der Waals surface area contributed by atoms with Crippen LogP contribution in [0.15, 0.2) is 43.0 Å². The van der Waals surface area contributed by atoms with Crippen molar-refractivity contribution in [1.82, 2.24) is 24.5 Å². The third kappa shape index (κ3) is 2.53. The number of rotatable bonds is 4. The molecule has 3 heterocycles. The van der Waals surface area contributed by atoms with Crippen LogP contribution in [0.1, 0.15) is 5.56 Å². The summed E-state index contributed by atoms with van der Waals surface area (Å²) in [6.07, 6.45) is 5.25. The SMILES string of the molecule is CN(Cc1ccccc1F)C1CN(c2nccn3cnnc23)C1. The van der Waals surface area contributed by atoms with Crippen LogP contribution in [0.2, 0.25) is 0 Å². The van der Waals surface area contributed by atoms with Crippen molar-refractivity contribution in [3.8, 4) is 0 Å². The van der Waals surface area contributed by atoms with E-state index in [1.807, 2.05) is 29.8 Å². The van der Waals surface area contributed by atoms with Crippen molar-refractivity contribution in [2.45, 2.75) is 12.6 Å². The first-order valence-corrected chi connectivity index (χ1v) is 7.55. The maximum absolute atomic E-state index is 13.8. The van der Waals surface area contributed by atoms with Crippen LogP contribution in [0.5, 0.6) is 0 Å². The van der Waals surface area contributed by atoms with Gasteiger partial charge in [-0.25, -0.2) is 9.37 Å². The van der Waals surface area contributed by atoms with E-state index in [9.17, 15) is 4.39 Å². The number of fused-ring (bicyclic) bond motifs is 1. The number of halogens is 1. The summed E-state index contributed by atoms with van der Waals surface area (Å²) in [4.78, 5) is 8.77. The van der Waals surface area contributed by atoms with Crippen LogP contribution in [0.4, 0.5) is 10.2 Å². The van der Waals surface area contributed by atoms with Gasteiger partial charge in [0, 0.05) is 43.6 Å². The van der Waals surface area contributed by atoms with E-state index in [4.69, 9.17) is 0 Å². The van der Waals surface area contributed by atoms with E-state index in [0.29, 0.717) is 12.6 Å². The highest BCUT2D eigenvalue weighted by atomic mass is 19.1. The first kappa shape index (κ1) is 14.1. The van der Waals surface area contributed by atoms with Crippen LogP contribution in [0.3, 0.4) is 0 Å². The topological polar surface area (TPSA) is 49.6 Å². The first-order chi connectivity index (χ1) is 11.2. The van der Waals surface area contributed by atoms with Crippen molar-refractivity contribution in [2.24, 2.45) is 0 Å². The smallest absolute Gasteiger partial charge is 0.203 e. The molecule has 1 aliphatic rings. The monoisotopic (exact) mass is 312 g/mol. The lowest BCUT2D eigenvalue weighted by atomic mass is 10.1. The Morgan fingerprint density at radius 1 is 1.30 bits per heavy atom. The Kier molecular flexibility index (Phi) is 3.42. The van der Waals surface area contributed by atoms with E-state index in [0.717, 1.165) is 30.1 Å². The molecule has 7 heteroatoms. The standard InChI is InChI=1S/C16H17FN6/c1-21(8-12-4-2-3-5-14(12)17)13-9-23(10-13)15-16-20-19-11-22(16)7-6-18-15/h2-7,11,13H,8-10H2,1H3. The molecule has 1 fully saturated rings. The Bertz CT molecular complexity index is 826. The van der Waals surface area contributed by atoms with Gasteiger partial charge >= 0.3 is 0 Å². The van der Waals surface area contributed by atoms with Crippen LogP contribution in [0.25, 0.3) is 5.65 Å². The lowest BCUT2D eigenvalue weighted by molar-refractivity contribution is 0.195. The Labute approximate surface area is 133 Å². The van der Waals surface area contributed by atoms with Gasteiger partial charge < -0.3 is 4.90 Å². The lowest BCUT2D eigenvalue weighted by Gasteiger charge is -2.44. The molecule has 3 aromatic rings. The number of anilines is 1. The molecular formula is C16H17FN6. The molecule has 0 radical (unpaired) electrons. The summed E-state index contributed by atoms with van der Waals surface area (Å²) in [5, 5.41) is 8.03. The number of likely N-dealkylation sites (N-methyl/N-ethyl adjacent to an activating group) is 1. The summed E-state index contributed by atoms with van der Waals surface area (Å²) in [7, 11) is 2.03. The van der Waals surface area contributed by atoms with E-state index in [2.05, 4.69) is 25.0 Å². The minimum Gasteiger partial charge on any atom is -0.350 e. The molecule has 0 atom stereocenters. The van der Waals surface area contributed by atoms with Crippen molar-refractivity contribution in [3.63, 3.8) is 0 Å². The molecule has 1 aliphatic heterocycles. The average molecular weight is 312 g/mol. The van der Waals surface area contributed by atoms with Crippen molar-refractivity contribution < 1.29 is 4.39 Å². The van der Waals surface area contributed by atoms with Gasteiger partial charge in [-0.3, -0.25) is 9.30 Å². The van der Waals surface area contributed by atoms with Crippen molar-refractivity contribution in [1.29, 1.82) is 0 Å². The zero-order chi connectivity index (χ0) is 15.8. The molecular weight excluding hydrogens is 295 g/mol. The van der Waals surface area contributed by atoms with Gasteiger partial charge in [-0.1, -0.05) is 18.2 Å². The van der Waals surface area contributed by atoms with Crippen molar-refractivity contribution >= 4 is 11.5 Å². The van der Waals surface area contributed by atoms with Crippen LogP contribution in [-0.2, 0) is 6.54 Å². The lowest BCUT2D eigenvalue weighted by Crippen LogP contribution is -2.58. The molecule has 6 nitrogen and oxygen atoms in total. The molecule has 2 aromatic heterocycles. The van der Waals surface area contributed by atoms with E-state index in [1.165, 1.54) is 6.07 Å². The maximum atomic E-state index is 13.8. The number of benzene rings is 1. The fourth-order valence-electron chi connectivity index (χ4n) is 2.90. The zero-order valence-corrected chi connectivity index (χ0v) is 12.8. The molecule has 4 rings (SSSR count). The Hall–Kier alpha value is -2.54. The largest absolute Gasteiger partial charge is 0.350 e. The number of hydrogen-bond acceptors (Lipinski definition) is 5. The van der Waals surface area contributed by atoms with E-state index in [-0.39, 0.29) is 5.82 Å². The molecule has 0 aliphatic carbocycles. The van der Waals surface area contributed by atoms with E-state index >= 15 is 0 Å². The second-order valence-electron chi connectivity index (χ2n) is 5.88. The third-order valence-corrected chi connectivity index (χ3v) is 4.36. The van der Waals surface area contributed by atoms with Crippen LogP contribution in [0, 0.1) is 5.82 Å². The van der Waals surface area contributed by atoms with Crippen LogP contribution >= 0.6 is 0 Å². The van der Waals surface area contributed by atoms with Gasteiger partial charge in [-0.05, 0) is 13.1 Å². The average Bonchev–Trinajstić information content (AvgIpc) is 2.97. The van der Waals surface area contributed by atoms with Crippen LogP contribution in [-0.4, -0.2) is 50.7 Å². The highest BCUT2D eigenvalue weighted by Gasteiger charge is 2.32. The van der Waals surface area contributed by atoms with Crippen LogP contribution < -0.4 is 4.90 Å². The van der Waals surface area contributed by atoms with Gasteiger partial charge in [0.2, 0.25) is 5.65 Å². The molecule has 1 aromatic carbocycles. The molecule has 0 unspecified atom stereocenters. The zero-order valence-electron chi connectivity index (χ0n) is 12.8. The predicted molar refractivity (Wildman–Crippen MR) is 84.7 cm³/mol. The van der Waals surface area contributed by atoms with Gasteiger partial charge in [0.15, 0.2) is 5.82 Å². The maximum Gasteiger partial charge on any atom is 0.203 e. The molecule has 118 valence electrons. The van der Waals surface area contributed by atoms with Gasteiger partial charge in [0.05, 0.1) is 0 Å². The highest BCUT2D eigenvalue weighted by Crippen LogP contribution is 2.25. The van der Waals surface area contributed by atoms with Gasteiger partial charge in [-0.15, -0.1) is 10.2 Å². The van der Waals surface area contributed by atoms with Crippen molar-refractivity contribution in [2.75, 3.05) is 25.0 Å². The van der Waals surface area contributed by atoms with Gasteiger partial charge in [0.25, 0.3) is 0 Å². The van der Waals surface area contributed by atoms with Gasteiger partial charge in [0.1, 0.15) is 12.1 Å². The molecule has 0 N–H and O–H groups in total. The Morgan fingerprint density at radius 2 is 2.13 bits per heavy atom. The summed E-state index contributed by atoms with van der Waals surface area (Å²) in [5.74, 6) is 0.700. The predicted octanol–water partition coefficient (Wildman–Crippen LogP) is 1.58. The fraction of sp³-hybridized carbons (Fsp3) is 0.312. The molecule has 0 amide bonds. The summed E-state index contributed by atoms with van der Waals surface area (Å²) in [6, 6.07) is 7.30. The quantitative estimate of drug-likeness (QED) is 0.732. The second kappa shape index (κ2) is 5.58. The Balaban J connectivity index is 1.43. The summed E-state index contributed by atoms with van der Waals surface area (Å²) in [5.41, 5.74) is 1.49. The number of nitrogens with zero attached hydrogens (tertiary/aromatic N) is 6. The minimum absolute atomic E-state index is 0.148. The first-order valence-electron chi connectivity index (χ1n) is 7.55. The fourth-order valence-corrected chi connectivity index (χ4v) is 2.90. The molecule has 23 heavy (non-hydrogen) atoms. The van der Waals surface area contributed by atoms with Crippen molar-refractivity contribution in [3.05, 3.63) is 54.4 Å². The Morgan fingerprint density at radius 3 is 2.96 bits per heavy atom. The summed E-state index contributed by atoms with van der Waals surface area (Å²) < 4.78 is 15.6. The second-order valence-corrected chi connectivity index (χ2v) is 5.88. The van der Waals surface area contributed by atoms with Gasteiger partial charge in [-0.2, -0.15) is 0 Å². The third-order valence-electron chi connectivity index (χ3n) is 4.36. The molecule has 1 saturated heterocycles. The summed E-state index contributed by atoms with van der Waals surface area (Å²) in [6.45, 7) is 2.31. The molecule has 0 spiro atoms. The molecule has 0 saturated carbocycles. The minimum atomic E-state index is -0.148. The number of hydrogen-bond donors (Lipinski definition) is 0.